The summed E-state index contributed by atoms with van der Waals surface area (Å²) in [4.78, 5) is 31.1. The molecule has 7 nitrogen and oxygen atoms in total. The maximum Gasteiger partial charge on any atom is 0.270 e. The highest BCUT2D eigenvalue weighted by Gasteiger charge is 2.41. The van der Waals surface area contributed by atoms with Gasteiger partial charge in [-0.1, -0.05) is 0 Å². The van der Waals surface area contributed by atoms with Crippen molar-refractivity contribution in [2.45, 2.75) is 25.7 Å². The molecule has 2 aliphatic heterocycles. The van der Waals surface area contributed by atoms with Crippen molar-refractivity contribution in [2.24, 2.45) is 12.5 Å². The lowest BCUT2D eigenvalue weighted by Gasteiger charge is -2.47. The highest BCUT2D eigenvalue weighted by molar-refractivity contribution is 5.93. The minimum Gasteiger partial charge on any atom is -0.345 e. The minimum absolute atomic E-state index is 0.00907. The van der Waals surface area contributed by atoms with Crippen LogP contribution < -0.4 is 0 Å². The Balaban J connectivity index is 1.62. The Morgan fingerprint density at radius 1 is 1.30 bits per heavy atom. The van der Waals surface area contributed by atoms with Gasteiger partial charge in [0.25, 0.3) is 5.91 Å². The van der Waals surface area contributed by atoms with Crippen molar-refractivity contribution in [2.75, 3.05) is 46.8 Å². The minimum atomic E-state index is -0.00907. The molecule has 3 heterocycles. The topological polar surface area (TPSA) is 72.6 Å². The fraction of sp³-hybridized carbons (Fsp3) is 0.650. The van der Waals surface area contributed by atoms with Crippen LogP contribution in [0.25, 0.3) is 0 Å². The van der Waals surface area contributed by atoms with Crippen LogP contribution in [0.15, 0.2) is 12.3 Å². The molecular formula is C20H29N5O2. The van der Waals surface area contributed by atoms with E-state index in [9.17, 15) is 9.59 Å². The van der Waals surface area contributed by atoms with Gasteiger partial charge in [0.2, 0.25) is 5.91 Å². The summed E-state index contributed by atoms with van der Waals surface area (Å²) in [5.74, 6) is 0.249. The van der Waals surface area contributed by atoms with E-state index in [2.05, 4.69) is 11.0 Å². The molecule has 0 aliphatic carbocycles. The Kier molecular flexibility index (Phi) is 5.56. The van der Waals surface area contributed by atoms with Gasteiger partial charge in [-0.15, -0.1) is 0 Å². The van der Waals surface area contributed by atoms with Gasteiger partial charge >= 0.3 is 0 Å². The number of aryl methyl sites for hydroxylation is 1. The number of nitrogens with zero attached hydrogens (tertiary/aromatic N) is 5. The van der Waals surface area contributed by atoms with Gasteiger partial charge in [-0.3, -0.25) is 9.59 Å². The van der Waals surface area contributed by atoms with E-state index < -0.39 is 0 Å². The molecule has 0 bridgehead atoms. The first-order valence-corrected chi connectivity index (χ1v) is 9.62. The molecule has 7 heteroatoms. The first kappa shape index (κ1) is 19.4. The van der Waals surface area contributed by atoms with Crippen LogP contribution in [0.4, 0.5) is 0 Å². The Morgan fingerprint density at radius 3 is 2.59 bits per heavy atom. The van der Waals surface area contributed by atoms with Crippen LogP contribution in [0.1, 0.15) is 41.7 Å². The molecule has 0 N–H and O–H groups in total. The van der Waals surface area contributed by atoms with Gasteiger partial charge in [0, 0.05) is 52.4 Å². The van der Waals surface area contributed by atoms with Crippen LogP contribution in [-0.2, 0) is 11.8 Å². The number of amides is 2. The molecule has 1 spiro atoms. The summed E-state index contributed by atoms with van der Waals surface area (Å²) in [7, 11) is 5.85. The molecule has 2 aliphatic rings. The highest BCUT2D eigenvalue weighted by atomic mass is 16.2. The van der Waals surface area contributed by atoms with Crippen LogP contribution in [0.5, 0.6) is 0 Å². The Morgan fingerprint density at radius 2 is 2.00 bits per heavy atom. The maximum absolute atomic E-state index is 12.8. The average molecular weight is 371 g/mol. The summed E-state index contributed by atoms with van der Waals surface area (Å²) in [6.07, 6.45) is 5.09. The molecule has 0 aromatic carbocycles. The number of carbonyl (C=O) groups excluding carboxylic acids is 2. The molecule has 3 rings (SSSR count). The SMILES string of the molecule is CN(C)CCN1CC2(CCC1=O)CCN(C(=O)c1cc(C#N)cn1C)CC2. The van der Waals surface area contributed by atoms with E-state index in [-0.39, 0.29) is 17.2 Å². The van der Waals surface area contributed by atoms with Gasteiger partial charge in [-0.25, -0.2) is 0 Å². The van der Waals surface area contributed by atoms with E-state index in [1.165, 1.54) is 0 Å². The lowest BCUT2D eigenvalue weighted by Crippen LogP contribution is -2.53. The number of likely N-dealkylation sites (tertiary alicyclic amines) is 2. The molecule has 0 atom stereocenters. The summed E-state index contributed by atoms with van der Waals surface area (Å²) >= 11 is 0. The molecule has 2 amide bonds. The first-order valence-electron chi connectivity index (χ1n) is 9.62. The number of likely N-dealkylation sites (N-methyl/N-ethyl adjacent to an activating group) is 1. The molecule has 0 radical (unpaired) electrons. The average Bonchev–Trinajstić information content (AvgIpc) is 3.03. The van der Waals surface area contributed by atoms with Crippen molar-refractivity contribution in [3.8, 4) is 6.07 Å². The summed E-state index contributed by atoms with van der Waals surface area (Å²) in [5.41, 5.74) is 1.22. The predicted octanol–water partition coefficient (Wildman–Crippen LogP) is 1.30. The summed E-state index contributed by atoms with van der Waals surface area (Å²) < 4.78 is 1.73. The third-order valence-corrected chi connectivity index (χ3v) is 6.03. The second-order valence-corrected chi connectivity index (χ2v) is 8.25. The lowest BCUT2D eigenvalue weighted by atomic mass is 9.72. The number of piperidine rings is 2. The van der Waals surface area contributed by atoms with Crippen LogP contribution >= 0.6 is 0 Å². The maximum atomic E-state index is 12.8. The lowest BCUT2D eigenvalue weighted by molar-refractivity contribution is -0.139. The van der Waals surface area contributed by atoms with Crippen LogP contribution in [0.3, 0.4) is 0 Å². The zero-order valence-corrected chi connectivity index (χ0v) is 16.6. The van der Waals surface area contributed by atoms with Crippen molar-refractivity contribution in [1.82, 2.24) is 19.3 Å². The molecular weight excluding hydrogens is 342 g/mol. The third-order valence-electron chi connectivity index (χ3n) is 6.03. The van der Waals surface area contributed by atoms with Gasteiger partial charge in [-0.2, -0.15) is 5.26 Å². The van der Waals surface area contributed by atoms with Gasteiger partial charge in [0.15, 0.2) is 0 Å². The van der Waals surface area contributed by atoms with E-state index in [0.717, 1.165) is 38.9 Å². The largest absolute Gasteiger partial charge is 0.345 e. The molecule has 1 aromatic heterocycles. The number of hydrogen-bond acceptors (Lipinski definition) is 4. The van der Waals surface area contributed by atoms with Crippen LogP contribution in [-0.4, -0.2) is 77.9 Å². The van der Waals surface area contributed by atoms with Crippen molar-refractivity contribution in [3.05, 3.63) is 23.5 Å². The van der Waals surface area contributed by atoms with Crippen molar-refractivity contribution >= 4 is 11.8 Å². The molecule has 0 unspecified atom stereocenters. The van der Waals surface area contributed by atoms with Gasteiger partial charge in [0.05, 0.1) is 5.56 Å². The third kappa shape index (κ3) is 4.16. The van der Waals surface area contributed by atoms with Crippen molar-refractivity contribution in [3.63, 3.8) is 0 Å². The number of aromatic nitrogens is 1. The van der Waals surface area contributed by atoms with E-state index in [1.54, 1.807) is 23.9 Å². The number of rotatable bonds is 4. The smallest absolute Gasteiger partial charge is 0.270 e. The normalized spacial score (nSPS) is 19.6. The van der Waals surface area contributed by atoms with Crippen molar-refractivity contribution in [1.29, 1.82) is 5.26 Å². The van der Waals surface area contributed by atoms with Gasteiger partial charge < -0.3 is 19.3 Å². The summed E-state index contributed by atoms with van der Waals surface area (Å²) in [6, 6.07) is 3.75. The van der Waals surface area contributed by atoms with Crippen molar-refractivity contribution < 1.29 is 9.59 Å². The monoisotopic (exact) mass is 371 g/mol. The molecule has 1 aromatic rings. The second-order valence-electron chi connectivity index (χ2n) is 8.25. The van der Waals surface area contributed by atoms with Crippen LogP contribution in [0, 0.1) is 16.7 Å². The fourth-order valence-corrected chi connectivity index (χ4v) is 4.22. The molecule has 27 heavy (non-hydrogen) atoms. The summed E-state index contributed by atoms with van der Waals surface area (Å²) in [6.45, 7) is 3.88. The Bertz CT molecular complexity index is 753. The molecule has 2 fully saturated rings. The molecule has 0 saturated carbocycles. The van der Waals surface area contributed by atoms with E-state index in [4.69, 9.17) is 5.26 Å². The second kappa shape index (κ2) is 7.73. The molecule has 2 saturated heterocycles. The molecule has 146 valence electrons. The van der Waals surface area contributed by atoms with Gasteiger partial charge in [-0.05, 0) is 44.8 Å². The van der Waals surface area contributed by atoms with Crippen LogP contribution in [0.2, 0.25) is 0 Å². The Labute approximate surface area is 161 Å². The quantitative estimate of drug-likeness (QED) is 0.800. The zero-order valence-electron chi connectivity index (χ0n) is 16.6. The number of nitriles is 1. The Hall–Kier alpha value is -2.33. The fourth-order valence-electron chi connectivity index (χ4n) is 4.22. The van der Waals surface area contributed by atoms with E-state index in [0.29, 0.717) is 30.8 Å². The van der Waals surface area contributed by atoms with E-state index >= 15 is 0 Å². The highest BCUT2D eigenvalue weighted by Crippen LogP contribution is 2.40. The number of hydrogen-bond donors (Lipinski definition) is 0. The number of carbonyl (C=O) groups is 2. The van der Waals surface area contributed by atoms with E-state index in [1.807, 2.05) is 23.9 Å². The first-order chi connectivity index (χ1) is 12.8. The standard InChI is InChI=1S/C20H29N5O2/c1-22(2)10-11-25-15-20(5-4-18(25)26)6-8-24(9-7-20)19(27)17-12-16(13-21)14-23(17)3/h12,14H,4-11,15H2,1-3H3. The predicted molar refractivity (Wildman–Crippen MR) is 102 cm³/mol. The zero-order chi connectivity index (χ0) is 19.6. The van der Waals surface area contributed by atoms with Gasteiger partial charge in [0.1, 0.15) is 11.8 Å². The summed E-state index contributed by atoms with van der Waals surface area (Å²) in [5, 5.41) is 9.03.